The summed E-state index contributed by atoms with van der Waals surface area (Å²) in [4.78, 5) is 16.7. The van der Waals surface area contributed by atoms with Crippen LogP contribution in [0.25, 0.3) is 0 Å². The first kappa shape index (κ1) is 14.1. The van der Waals surface area contributed by atoms with Crippen LogP contribution >= 0.6 is 11.3 Å². The van der Waals surface area contributed by atoms with Gasteiger partial charge in [0.25, 0.3) is 5.91 Å². The fourth-order valence-electron chi connectivity index (χ4n) is 1.53. The molecule has 1 aromatic rings. The molecule has 0 aromatic carbocycles. The lowest BCUT2D eigenvalue weighted by molar-refractivity contribution is 0.0921. The highest BCUT2D eigenvalue weighted by Gasteiger charge is 2.25. The van der Waals surface area contributed by atoms with Gasteiger partial charge in [-0.15, -0.1) is 0 Å². The number of rotatable bonds is 6. The van der Waals surface area contributed by atoms with Crippen molar-refractivity contribution in [1.82, 2.24) is 10.3 Å². The first-order chi connectivity index (χ1) is 9.01. The van der Waals surface area contributed by atoms with Gasteiger partial charge in [0.1, 0.15) is 10.7 Å². The zero-order chi connectivity index (χ0) is 14.0. The fourth-order valence-corrected chi connectivity index (χ4v) is 2.40. The van der Waals surface area contributed by atoms with Crippen molar-refractivity contribution >= 4 is 28.2 Å². The fraction of sp³-hybridized carbons (Fsp3) is 0.667. The molecule has 0 spiro atoms. The molecule has 0 aliphatic heterocycles. The molecule has 1 saturated carbocycles. The van der Waals surface area contributed by atoms with Crippen molar-refractivity contribution in [2.45, 2.75) is 38.8 Å². The number of hydrogen-bond acceptors (Lipinski definition) is 6. The van der Waals surface area contributed by atoms with E-state index in [2.05, 4.69) is 15.6 Å². The van der Waals surface area contributed by atoms with Gasteiger partial charge in [-0.2, -0.15) is 0 Å². The van der Waals surface area contributed by atoms with Gasteiger partial charge in [-0.25, -0.2) is 4.98 Å². The van der Waals surface area contributed by atoms with Crippen LogP contribution in [-0.2, 0) is 0 Å². The number of nitrogen functional groups attached to an aromatic ring is 1. The lowest BCUT2D eigenvalue weighted by atomic mass is 10.1. The molecule has 0 saturated heterocycles. The highest BCUT2D eigenvalue weighted by molar-refractivity contribution is 7.18. The molecule has 2 rings (SSSR count). The Labute approximate surface area is 116 Å². The molecule has 106 valence electrons. The lowest BCUT2D eigenvalue weighted by Gasteiger charge is -2.18. The molecule has 5 N–H and O–H groups in total. The van der Waals surface area contributed by atoms with Crippen LogP contribution in [0.15, 0.2) is 0 Å². The molecule has 1 amide bonds. The number of aliphatic hydroxyl groups excluding tert-OH is 1. The molecule has 6 nitrogen and oxygen atoms in total. The first-order valence-electron chi connectivity index (χ1n) is 6.45. The average molecular weight is 284 g/mol. The Balaban J connectivity index is 1.99. The molecule has 0 bridgehead atoms. The standard InChI is InChI=1S/C12H20N4O2S/c1-6(5-17)7(2)14-11(18)9-10(13)16-12(19-9)15-8-3-4-8/h6-8,17H,3-5,13H2,1-2H3,(H,14,18)(H,15,16). The highest BCUT2D eigenvalue weighted by atomic mass is 32.1. The minimum absolute atomic E-state index is 0.00200. The number of nitrogens with one attached hydrogen (secondary N) is 2. The number of nitrogens with two attached hydrogens (primary N) is 1. The van der Waals surface area contributed by atoms with E-state index in [0.29, 0.717) is 16.1 Å². The second kappa shape index (κ2) is 5.75. The number of thiazole rings is 1. The van der Waals surface area contributed by atoms with Gasteiger partial charge in [0.15, 0.2) is 5.13 Å². The Morgan fingerprint density at radius 3 is 2.84 bits per heavy atom. The second-order valence-corrected chi connectivity index (χ2v) is 6.07. The molecule has 1 heterocycles. The van der Waals surface area contributed by atoms with E-state index in [1.54, 1.807) is 0 Å². The number of carbonyl (C=O) groups excluding carboxylic acids is 1. The molecule has 19 heavy (non-hydrogen) atoms. The van der Waals surface area contributed by atoms with Crippen LogP contribution in [0.2, 0.25) is 0 Å². The van der Waals surface area contributed by atoms with Crippen molar-refractivity contribution in [1.29, 1.82) is 0 Å². The van der Waals surface area contributed by atoms with Crippen LogP contribution in [-0.4, -0.2) is 34.7 Å². The topological polar surface area (TPSA) is 100 Å². The lowest BCUT2D eigenvalue weighted by Crippen LogP contribution is -2.38. The van der Waals surface area contributed by atoms with E-state index in [9.17, 15) is 4.79 Å². The third kappa shape index (κ3) is 3.57. The van der Waals surface area contributed by atoms with Crippen LogP contribution in [0, 0.1) is 5.92 Å². The quantitative estimate of drug-likeness (QED) is 0.625. The van der Waals surface area contributed by atoms with Crippen molar-refractivity contribution in [3.05, 3.63) is 4.88 Å². The molecule has 2 unspecified atom stereocenters. The number of hydrogen-bond donors (Lipinski definition) is 4. The summed E-state index contributed by atoms with van der Waals surface area (Å²) in [7, 11) is 0. The molecule has 1 aliphatic carbocycles. The van der Waals surface area contributed by atoms with Crippen molar-refractivity contribution < 1.29 is 9.90 Å². The van der Waals surface area contributed by atoms with Gasteiger partial charge in [-0.1, -0.05) is 18.3 Å². The average Bonchev–Trinajstić information content (AvgIpc) is 3.10. The van der Waals surface area contributed by atoms with Crippen molar-refractivity contribution in [2.24, 2.45) is 5.92 Å². The van der Waals surface area contributed by atoms with Crippen molar-refractivity contribution in [3.8, 4) is 0 Å². The molecular weight excluding hydrogens is 264 g/mol. The summed E-state index contributed by atoms with van der Waals surface area (Å²) in [5, 5.41) is 15.8. The minimum Gasteiger partial charge on any atom is -0.396 e. The molecule has 7 heteroatoms. The zero-order valence-corrected chi connectivity index (χ0v) is 12.0. The van der Waals surface area contributed by atoms with Crippen LogP contribution in [0.4, 0.5) is 10.9 Å². The summed E-state index contributed by atoms with van der Waals surface area (Å²) in [6.45, 7) is 3.77. The summed E-state index contributed by atoms with van der Waals surface area (Å²) in [6, 6.07) is 0.369. The third-order valence-electron chi connectivity index (χ3n) is 3.26. The first-order valence-corrected chi connectivity index (χ1v) is 7.27. The van der Waals surface area contributed by atoms with Gasteiger partial charge in [0.2, 0.25) is 0 Å². The van der Waals surface area contributed by atoms with E-state index < -0.39 is 0 Å². The van der Waals surface area contributed by atoms with Gasteiger partial charge < -0.3 is 21.5 Å². The van der Waals surface area contributed by atoms with Gasteiger partial charge in [0.05, 0.1) is 0 Å². The number of nitrogens with zero attached hydrogens (tertiary/aromatic N) is 1. The van der Waals surface area contributed by atoms with E-state index in [4.69, 9.17) is 10.8 Å². The van der Waals surface area contributed by atoms with E-state index in [1.807, 2.05) is 13.8 Å². The Bertz CT molecular complexity index is 459. The van der Waals surface area contributed by atoms with Gasteiger partial charge >= 0.3 is 0 Å². The Morgan fingerprint density at radius 2 is 2.26 bits per heavy atom. The van der Waals surface area contributed by atoms with Crippen molar-refractivity contribution in [3.63, 3.8) is 0 Å². The van der Waals surface area contributed by atoms with Crippen molar-refractivity contribution in [2.75, 3.05) is 17.7 Å². The highest BCUT2D eigenvalue weighted by Crippen LogP contribution is 2.30. The van der Waals surface area contributed by atoms with E-state index in [1.165, 1.54) is 11.3 Å². The maximum absolute atomic E-state index is 12.1. The molecule has 1 aliphatic rings. The van der Waals surface area contributed by atoms with Gasteiger partial charge in [0, 0.05) is 18.7 Å². The number of aliphatic hydroxyl groups is 1. The molecule has 1 aromatic heterocycles. The molecule has 0 radical (unpaired) electrons. The van der Waals surface area contributed by atoms with Crippen LogP contribution in [0.5, 0.6) is 0 Å². The Kier molecular flexibility index (Phi) is 4.26. The Morgan fingerprint density at radius 1 is 1.58 bits per heavy atom. The number of aromatic nitrogens is 1. The van der Waals surface area contributed by atoms with E-state index in [0.717, 1.165) is 12.8 Å². The van der Waals surface area contributed by atoms with Gasteiger partial charge in [-0.05, 0) is 25.7 Å². The zero-order valence-electron chi connectivity index (χ0n) is 11.1. The van der Waals surface area contributed by atoms with Crippen LogP contribution in [0.1, 0.15) is 36.4 Å². The molecular formula is C12H20N4O2S. The maximum Gasteiger partial charge on any atom is 0.265 e. The monoisotopic (exact) mass is 284 g/mol. The summed E-state index contributed by atoms with van der Waals surface area (Å²) in [5.74, 6) is 0.0308. The van der Waals surface area contributed by atoms with Gasteiger partial charge in [-0.3, -0.25) is 4.79 Å². The number of amides is 1. The smallest absolute Gasteiger partial charge is 0.265 e. The minimum atomic E-state index is -0.230. The summed E-state index contributed by atoms with van der Waals surface area (Å²) in [6.07, 6.45) is 2.29. The Hall–Kier alpha value is -1.34. The predicted molar refractivity (Wildman–Crippen MR) is 76.3 cm³/mol. The van der Waals surface area contributed by atoms with Crippen LogP contribution in [0.3, 0.4) is 0 Å². The molecule has 2 atom stereocenters. The number of anilines is 2. The third-order valence-corrected chi connectivity index (χ3v) is 4.27. The predicted octanol–water partition coefficient (Wildman–Crippen LogP) is 1.05. The SMILES string of the molecule is CC(CO)C(C)NC(=O)c1sc(NC2CC2)nc1N. The summed E-state index contributed by atoms with van der Waals surface area (Å²) in [5.41, 5.74) is 5.77. The summed E-state index contributed by atoms with van der Waals surface area (Å²) < 4.78 is 0. The summed E-state index contributed by atoms with van der Waals surface area (Å²) >= 11 is 1.28. The molecule has 1 fully saturated rings. The van der Waals surface area contributed by atoms with E-state index in [-0.39, 0.29) is 30.3 Å². The maximum atomic E-state index is 12.1. The second-order valence-electron chi connectivity index (χ2n) is 5.07. The largest absolute Gasteiger partial charge is 0.396 e. The van der Waals surface area contributed by atoms with E-state index >= 15 is 0 Å². The normalized spacial score (nSPS) is 17.8. The van der Waals surface area contributed by atoms with Crippen LogP contribution < -0.4 is 16.4 Å². The number of carbonyl (C=O) groups is 1.